The Kier molecular flexibility index (Phi) is 8.28. The molecule has 0 spiro atoms. The Morgan fingerprint density at radius 1 is 0.933 bits per heavy atom. The van der Waals surface area contributed by atoms with Crippen LogP contribution in [0.4, 0.5) is 0 Å². The van der Waals surface area contributed by atoms with E-state index in [1.165, 1.54) is 25.7 Å². The van der Waals surface area contributed by atoms with E-state index in [0.29, 0.717) is 12.1 Å². The Morgan fingerprint density at radius 2 is 1.53 bits per heavy atom. The largest absolute Gasteiger partial charge is 0.328 e. The lowest BCUT2D eigenvalue weighted by Gasteiger charge is -2.26. The van der Waals surface area contributed by atoms with E-state index >= 15 is 0 Å². The second-order valence-corrected chi connectivity index (χ2v) is 4.69. The smallest absolute Gasteiger partial charge is 0.0317 e. The average molecular weight is 209 g/mol. The summed E-state index contributed by atoms with van der Waals surface area (Å²) in [6.45, 7) is 11.0. The van der Waals surface area contributed by atoms with Crippen LogP contribution >= 0.6 is 0 Å². The van der Waals surface area contributed by atoms with Crippen molar-refractivity contribution in [3.8, 4) is 12.0 Å². The second-order valence-electron chi connectivity index (χ2n) is 4.69. The molecule has 0 aliphatic heterocycles. The maximum atomic E-state index is 3.28. The van der Waals surface area contributed by atoms with Crippen molar-refractivity contribution in [2.24, 2.45) is 0 Å². The van der Waals surface area contributed by atoms with Gasteiger partial charge in [0.2, 0.25) is 0 Å². The van der Waals surface area contributed by atoms with Crippen LogP contribution in [0.1, 0.15) is 66.7 Å². The summed E-state index contributed by atoms with van der Waals surface area (Å²) in [5.74, 6) is 3.28. The third-order valence-electron chi connectivity index (χ3n) is 2.48. The lowest BCUT2D eigenvalue weighted by molar-refractivity contribution is 0.274. The molecule has 0 fully saturated rings. The average Bonchev–Trinajstić information content (AvgIpc) is 2.15. The molecule has 0 saturated carbocycles. The van der Waals surface area contributed by atoms with Crippen molar-refractivity contribution < 1.29 is 0 Å². The lowest BCUT2D eigenvalue weighted by Crippen LogP contribution is -2.32. The molecular weight excluding hydrogens is 182 g/mol. The molecule has 0 amide bonds. The molecule has 0 aromatic rings. The van der Waals surface area contributed by atoms with Gasteiger partial charge in [-0.3, -0.25) is 0 Å². The predicted molar refractivity (Wildman–Crippen MR) is 68.6 cm³/mol. The van der Waals surface area contributed by atoms with E-state index in [4.69, 9.17) is 0 Å². The molecule has 15 heavy (non-hydrogen) atoms. The first kappa shape index (κ1) is 14.4. The highest BCUT2D eigenvalue weighted by molar-refractivity contribution is 5.00. The first-order valence-corrected chi connectivity index (χ1v) is 6.36. The van der Waals surface area contributed by atoms with Crippen molar-refractivity contribution in [3.63, 3.8) is 0 Å². The van der Waals surface area contributed by atoms with Crippen molar-refractivity contribution in [3.05, 3.63) is 0 Å². The fraction of sp³-hybridized carbons (Fsp3) is 0.857. The van der Waals surface area contributed by atoms with Gasteiger partial charge in [0, 0.05) is 24.5 Å². The van der Waals surface area contributed by atoms with E-state index in [-0.39, 0.29) is 0 Å². The minimum absolute atomic E-state index is 0.521. The van der Waals surface area contributed by atoms with Crippen LogP contribution in [0.5, 0.6) is 0 Å². The van der Waals surface area contributed by atoms with Crippen LogP contribution < -0.4 is 0 Å². The predicted octanol–water partition coefficient (Wildman–Crippen LogP) is 4.04. The topological polar surface area (TPSA) is 3.24 Å². The third-order valence-corrected chi connectivity index (χ3v) is 2.48. The highest BCUT2D eigenvalue weighted by Crippen LogP contribution is 2.04. The molecule has 0 saturated heterocycles. The van der Waals surface area contributed by atoms with Gasteiger partial charge in [0.15, 0.2) is 0 Å². The van der Waals surface area contributed by atoms with Crippen LogP contribution in [0.2, 0.25) is 0 Å². The van der Waals surface area contributed by atoms with Crippen LogP contribution in [0, 0.1) is 12.0 Å². The van der Waals surface area contributed by atoms with Crippen molar-refractivity contribution in [2.75, 3.05) is 0 Å². The third kappa shape index (κ3) is 7.31. The molecule has 88 valence electrons. The van der Waals surface area contributed by atoms with Gasteiger partial charge in [-0.05, 0) is 34.1 Å². The van der Waals surface area contributed by atoms with Gasteiger partial charge in [-0.2, -0.15) is 0 Å². The highest BCUT2D eigenvalue weighted by Gasteiger charge is 2.07. The Bertz CT molecular complexity index is 187. The van der Waals surface area contributed by atoms with Gasteiger partial charge in [-0.1, -0.05) is 32.1 Å². The van der Waals surface area contributed by atoms with Gasteiger partial charge in [-0.15, -0.1) is 0 Å². The molecule has 0 aliphatic carbocycles. The summed E-state index contributed by atoms with van der Waals surface area (Å²) < 4.78 is 0. The first-order valence-electron chi connectivity index (χ1n) is 6.36. The van der Waals surface area contributed by atoms with Gasteiger partial charge in [0.05, 0.1) is 0 Å². The summed E-state index contributed by atoms with van der Waals surface area (Å²) in [6, 6.07) is 4.32. The standard InChI is InChI=1S/C14H27N/c1-6-7-8-9-10-11-12-15(13(2)3)14(4)5/h13-14H,6-10H2,1-5H3. The monoisotopic (exact) mass is 209 g/mol. The number of hydrogen-bond acceptors (Lipinski definition) is 1. The normalized spacial score (nSPS) is 10.3. The molecular formula is C14H27N. The molecule has 0 atom stereocenters. The summed E-state index contributed by atoms with van der Waals surface area (Å²) >= 11 is 0. The van der Waals surface area contributed by atoms with Gasteiger partial charge >= 0.3 is 0 Å². The zero-order valence-electron chi connectivity index (χ0n) is 11.1. The van der Waals surface area contributed by atoms with Crippen molar-refractivity contribution in [1.82, 2.24) is 4.90 Å². The summed E-state index contributed by atoms with van der Waals surface area (Å²) in [6.07, 6.45) is 6.28. The van der Waals surface area contributed by atoms with Crippen molar-refractivity contribution >= 4 is 0 Å². The number of unbranched alkanes of at least 4 members (excludes halogenated alkanes) is 4. The molecule has 0 unspecified atom stereocenters. The lowest BCUT2D eigenvalue weighted by atomic mass is 10.1. The molecule has 0 heterocycles. The van der Waals surface area contributed by atoms with Gasteiger partial charge in [0.1, 0.15) is 0 Å². The quantitative estimate of drug-likeness (QED) is 0.362. The molecule has 0 aliphatic rings. The SMILES string of the molecule is CCCCCCC#CN(C(C)C)C(C)C. The molecule has 0 radical (unpaired) electrons. The maximum absolute atomic E-state index is 3.28. The van der Waals surface area contributed by atoms with E-state index < -0.39 is 0 Å². The fourth-order valence-corrected chi connectivity index (χ4v) is 1.64. The van der Waals surface area contributed by atoms with E-state index in [0.717, 1.165) is 6.42 Å². The summed E-state index contributed by atoms with van der Waals surface area (Å²) in [5, 5.41) is 0. The molecule has 0 N–H and O–H groups in total. The van der Waals surface area contributed by atoms with Gasteiger partial charge in [-0.25, -0.2) is 0 Å². The summed E-state index contributed by atoms with van der Waals surface area (Å²) in [7, 11) is 0. The number of nitrogens with zero attached hydrogens (tertiary/aromatic N) is 1. The van der Waals surface area contributed by atoms with Crippen molar-refractivity contribution in [1.29, 1.82) is 0 Å². The van der Waals surface area contributed by atoms with E-state index in [2.05, 4.69) is 51.5 Å². The van der Waals surface area contributed by atoms with Crippen LogP contribution in [-0.4, -0.2) is 17.0 Å². The summed E-state index contributed by atoms with van der Waals surface area (Å²) in [5.41, 5.74) is 0. The Morgan fingerprint density at radius 3 is 2.00 bits per heavy atom. The summed E-state index contributed by atoms with van der Waals surface area (Å²) in [4.78, 5) is 2.24. The highest BCUT2D eigenvalue weighted by atomic mass is 15.1. The molecule has 0 aromatic carbocycles. The van der Waals surface area contributed by atoms with Crippen LogP contribution in [0.15, 0.2) is 0 Å². The van der Waals surface area contributed by atoms with E-state index in [1.807, 2.05) is 0 Å². The fourth-order valence-electron chi connectivity index (χ4n) is 1.64. The minimum atomic E-state index is 0.521. The molecule has 0 rings (SSSR count). The van der Waals surface area contributed by atoms with Gasteiger partial charge in [0.25, 0.3) is 0 Å². The zero-order chi connectivity index (χ0) is 11.7. The number of rotatable bonds is 6. The van der Waals surface area contributed by atoms with Gasteiger partial charge < -0.3 is 4.90 Å². The Balaban J connectivity index is 3.80. The van der Waals surface area contributed by atoms with Crippen LogP contribution in [0.25, 0.3) is 0 Å². The maximum Gasteiger partial charge on any atom is 0.0317 e. The van der Waals surface area contributed by atoms with Crippen LogP contribution in [0.3, 0.4) is 0 Å². The minimum Gasteiger partial charge on any atom is -0.328 e. The second kappa shape index (κ2) is 8.65. The van der Waals surface area contributed by atoms with E-state index in [9.17, 15) is 0 Å². The molecule has 0 bridgehead atoms. The Hall–Kier alpha value is -0.640. The Labute approximate surface area is 96.2 Å². The first-order chi connectivity index (χ1) is 7.09. The zero-order valence-corrected chi connectivity index (χ0v) is 11.1. The van der Waals surface area contributed by atoms with Crippen LogP contribution in [-0.2, 0) is 0 Å². The molecule has 1 heteroatoms. The van der Waals surface area contributed by atoms with Crippen molar-refractivity contribution in [2.45, 2.75) is 78.8 Å². The van der Waals surface area contributed by atoms with E-state index in [1.54, 1.807) is 0 Å². The number of hydrogen-bond donors (Lipinski definition) is 0. The molecule has 1 nitrogen and oxygen atoms in total. The molecule has 0 aromatic heterocycles.